The number of hydrogen-bond donors (Lipinski definition) is 1. The van der Waals surface area contributed by atoms with Crippen LogP contribution in [0.2, 0.25) is 0 Å². The molecular weight excluding hydrogens is 424 g/mol. The van der Waals surface area contributed by atoms with E-state index in [0.29, 0.717) is 17.9 Å². The van der Waals surface area contributed by atoms with Crippen molar-refractivity contribution in [3.05, 3.63) is 87.5 Å². The molecule has 0 unspecified atom stereocenters. The Morgan fingerprint density at radius 2 is 1.79 bits per heavy atom. The maximum Gasteiger partial charge on any atom is 0.253 e. The number of aryl methyl sites for hydroxylation is 1. The Labute approximate surface area is 200 Å². The summed E-state index contributed by atoms with van der Waals surface area (Å²) < 4.78 is 1.89. The van der Waals surface area contributed by atoms with Gasteiger partial charge < -0.3 is 4.98 Å². The van der Waals surface area contributed by atoms with Crippen molar-refractivity contribution < 1.29 is 0 Å². The highest BCUT2D eigenvalue weighted by atomic mass is 16.1. The van der Waals surface area contributed by atoms with E-state index in [9.17, 15) is 4.79 Å². The molecule has 2 heterocycles. The molecule has 178 valence electrons. The SMILES string of the molecule is CCc1ccc2[nH]c(=O)c([C@H](c3nnnn3C(C)(C)CC)N(CC)Cc3ccccc3)cc2c1. The highest BCUT2D eigenvalue weighted by Crippen LogP contribution is 2.31. The second-order valence-corrected chi connectivity index (χ2v) is 9.40. The van der Waals surface area contributed by atoms with Crippen molar-refractivity contribution in [1.29, 1.82) is 0 Å². The molecule has 0 amide bonds. The number of aromatic nitrogens is 5. The molecule has 0 radical (unpaired) electrons. The van der Waals surface area contributed by atoms with Gasteiger partial charge in [0.2, 0.25) is 0 Å². The third-order valence-electron chi connectivity index (χ3n) is 6.82. The third kappa shape index (κ3) is 4.66. The van der Waals surface area contributed by atoms with Crippen molar-refractivity contribution in [3.63, 3.8) is 0 Å². The molecule has 1 atom stereocenters. The van der Waals surface area contributed by atoms with Crippen LogP contribution in [0, 0.1) is 0 Å². The highest BCUT2D eigenvalue weighted by Gasteiger charge is 2.33. The molecule has 7 nitrogen and oxygen atoms in total. The average Bonchev–Trinajstić information content (AvgIpc) is 3.34. The number of aromatic amines is 1. The number of H-pyrrole nitrogens is 1. The van der Waals surface area contributed by atoms with Crippen molar-refractivity contribution >= 4 is 10.9 Å². The number of benzene rings is 2. The molecule has 2 aromatic heterocycles. The first kappa shape index (κ1) is 23.8. The quantitative estimate of drug-likeness (QED) is 0.388. The molecule has 0 saturated carbocycles. The smallest absolute Gasteiger partial charge is 0.253 e. The lowest BCUT2D eigenvalue weighted by Gasteiger charge is -2.33. The Hall–Kier alpha value is -3.32. The van der Waals surface area contributed by atoms with Crippen LogP contribution >= 0.6 is 0 Å². The zero-order valence-electron chi connectivity index (χ0n) is 20.7. The molecule has 1 N–H and O–H groups in total. The molecule has 2 aromatic carbocycles. The topological polar surface area (TPSA) is 79.7 Å². The monoisotopic (exact) mass is 458 g/mol. The van der Waals surface area contributed by atoms with Gasteiger partial charge >= 0.3 is 0 Å². The van der Waals surface area contributed by atoms with Crippen LogP contribution in [0.15, 0.2) is 59.4 Å². The van der Waals surface area contributed by atoms with Crippen LogP contribution in [0.25, 0.3) is 10.9 Å². The molecule has 34 heavy (non-hydrogen) atoms. The molecule has 0 aliphatic rings. The number of tetrazole rings is 1. The van der Waals surface area contributed by atoms with Gasteiger partial charge in [0.25, 0.3) is 5.56 Å². The van der Waals surface area contributed by atoms with Crippen molar-refractivity contribution in [3.8, 4) is 0 Å². The first-order valence-electron chi connectivity index (χ1n) is 12.1. The zero-order valence-corrected chi connectivity index (χ0v) is 20.7. The first-order valence-corrected chi connectivity index (χ1v) is 12.1. The minimum atomic E-state index is -0.399. The van der Waals surface area contributed by atoms with Crippen LogP contribution in [0.1, 0.15) is 69.6 Å². The number of rotatable bonds is 9. The van der Waals surface area contributed by atoms with E-state index < -0.39 is 6.04 Å². The maximum absolute atomic E-state index is 13.5. The van der Waals surface area contributed by atoms with E-state index in [2.05, 4.69) is 84.3 Å². The van der Waals surface area contributed by atoms with Crippen molar-refractivity contribution in [2.75, 3.05) is 6.54 Å². The summed E-state index contributed by atoms with van der Waals surface area (Å²) >= 11 is 0. The number of nitrogens with one attached hydrogen (secondary N) is 1. The molecule has 4 aromatic rings. The van der Waals surface area contributed by atoms with Gasteiger partial charge in [-0.3, -0.25) is 9.69 Å². The van der Waals surface area contributed by atoms with Crippen molar-refractivity contribution in [2.45, 2.75) is 65.6 Å². The van der Waals surface area contributed by atoms with Gasteiger partial charge in [0, 0.05) is 17.6 Å². The number of pyridine rings is 1. The predicted molar refractivity (Wildman–Crippen MR) is 136 cm³/mol. The van der Waals surface area contributed by atoms with E-state index in [4.69, 9.17) is 0 Å². The predicted octanol–water partition coefficient (Wildman–Crippen LogP) is 4.83. The average molecular weight is 459 g/mol. The lowest BCUT2D eigenvalue weighted by molar-refractivity contribution is 0.197. The summed E-state index contributed by atoms with van der Waals surface area (Å²) in [6.45, 7) is 12.0. The Morgan fingerprint density at radius 1 is 1.03 bits per heavy atom. The maximum atomic E-state index is 13.5. The van der Waals surface area contributed by atoms with Crippen LogP contribution in [0.3, 0.4) is 0 Å². The minimum absolute atomic E-state index is 0.114. The van der Waals surface area contributed by atoms with Crippen LogP contribution < -0.4 is 5.56 Å². The number of fused-ring (bicyclic) bond motifs is 1. The Morgan fingerprint density at radius 3 is 2.47 bits per heavy atom. The molecule has 0 aliphatic heterocycles. The standard InChI is InChI=1S/C27H34N6O/c1-6-19-14-15-23-21(16-19)17-22(26(34)28-23)24(25-29-30-31-33(25)27(4,5)7-2)32(8-3)18-20-12-10-9-11-13-20/h9-17,24H,6-8,18H2,1-5H3,(H,28,34)/t24-/m1/s1. The van der Waals surface area contributed by atoms with E-state index in [1.165, 1.54) is 11.1 Å². The normalized spacial score (nSPS) is 13.0. The van der Waals surface area contributed by atoms with Gasteiger partial charge in [0.15, 0.2) is 5.82 Å². The zero-order chi connectivity index (χ0) is 24.3. The lowest BCUT2D eigenvalue weighted by Crippen LogP contribution is -2.38. The molecular formula is C27H34N6O. The molecule has 0 spiro atoms. The minimum Gasteiger partial charge on any atom is -0.322 e. The van der Waals surface area contributed by atoms with Gasteiger partial charge in [-0.1, -0.05) is 57.2 Å². The Balaban J connectivity index is 1.92. The van der Waals surface area contributed by atoms with Crippen LogP contribution in [-0.4, -0.2) is 36.6 Å². The first-order chi connectivity index (χ1) is 16.4. The van der Waals surface area contributed by atoms with E-state index in [1.54, 1.807) is 0 Å². The van der Waals surface area contributed by atoms with E-state index >= 15 is 0 Å². The van der Waals surface area contributed by atoms with Crippen LogP contribution in [-0.2, 0) is 18.5 Å². The Kier molecular flexibility index (Phi) is 6.93. The largest absolute Gasteiger partial charge is 0.322 e. The summed E-state index contributed by atoms with van der Waals surface area (Å²) in [6, 6.07) is 18.1. The van der Waals surface area contributed by atoms with Crippen molar-refractivity contribution in [2.24, 2.45) is 0 Å². The summed E-state index contributed by atoms with van der Waals surface area (Å²) in [5.74, 6) is 0.682. The molecule has 7 heteroatoms. The molecule has 0 bridgehead atoms. The summed E-state index contributed by atoms with van der Waals surface area (Å²) in [4.78, 5) is 18.8. The number of nitrogens with zero attached hydrogens (tertiary/aromatic N) is 5. The molecule has 0 aliphatic carbocycles. The van der Waals surface area contributed by atoms with E-state index in [-0.39, 0.29) is 11.1 Å². The summed E-state index contributed by atoms with van der Waals surface area (Å²) in [7, 11) is 0. The lowest BCUT2D eigenvalue weighted by atomic mass is 9.98. The second-order valence-electron chi connectivity index (χ2n) is 9.40. The Bertz CT molecular complexity index is 1310. The molecule has 0 saturated heterocycles. The summed E-state index contributed by atoms with van der Waals surface area (Å²) in [5, 5.41) is 13.9. The highest BCUT2D eigenvalue weighted by molar-refractivity contribution is 5.80. The van der Waals surface area contributed by atoms with Crippen LogP contribution in [0.4, 0.5) is 0 Å². The van der Waals surface area contributed by atoms with Gasteiger partial charge in [0.05, 0.1) is 5.54 Å². The fourth-order valence-electron chi connectivity index (χ4n) is 4.34. The number of hydrogen-bond acceptors (Lipinski definition) is 5. The fourth-order valence-corrected chi connectivity index (χ4v) is 4.34. The van der Waals surface area contributed by atoms with Gasteiger partial charge in [-0.25, -0.2) is 4.68 Å². The van der Waals surface area contributed by atoms with Crippen LogP contribution in [0.5, 0.6) is 0 Å². The van der Waals surface area contributed by atoms with Gasteiger partial charge in [-0.2, -0.15) is 0 Å². The second kappa shape index (κ2) is 9.89. The van der Waals surface area contributed by atoms with E-state index in [0.717, 1.165) is 30.3 Å². The summed E-state index contributed by atoms with van der Waals surface area (Å²) in [5.41, 5.74) is 3.49. The van der Waals surface area contributed by atoms with E-state index in [1.807, 2.05) is 35.0 Å². The van der Waals surface area contributed by atoms with Crippen molar-refractivity contribution in [1.82, 2.24) is 30.1 Å². The van der Waals surface area contributed by atoms with Gasteiger partial charge in [-0.05, 0) is 78.4 Å². The summed E-state index contributed by atoms with van der Waals surface area (Å²) in [6.07, 6.45) is 1.79. The van der Waals surface area contributed by atoms with Gasteiger partial charge in [0.1, 0.15) is 6.04 Å². The third-order valence-corrected chi connectivity index (χ3v) is 6.82. The molecule has 0 fully saturated rings. The van der Waals surface area contributed by atoms with Gasteiger partial charge in [-0.15, -0.1) is 5.10 Å². The molecule has 4 rings (SSSR count). The fraction of sp³-hybridized carbons (Fsp3) is 0.407.